The average molecular weight is 654 g/mol. The van der Waals surface area contributed by atoms with Crippen LogP contribution in [0, 0.1) is 0 Å². The lowest BCUT2D eigenvalue weighted by atomic mass is 9.99. The molecule has 2 aromatic heterocycles. The molecule has 0 saturated carbocycles. The summed E-state index contributed by atoms with van der Waals surface area (Å²) in [5, 5.41) is 6.79. The van der Waals surface area contributed by atoms with Crippen molar-refractivity contribution in [2.75, 3.05) is 0 Å². The van der Waals surface area contributed by atoms with Crippen LogP contribution in [0.4, 0.5) is 0 Å². The molecule has 1 aliphatic carbocycles. The molecule has 0 fully saturated rings. The Hall–Kier alpha value is -6.65. The highest BCUT2D eigenvalue weighted by atomic mass is 16.3. The maximum absolute atomic E-state index is 6.53. The van der Waals surface area contributed by atoms with Crippen LogP contribution in [-0.4, -0.2) is 15.0 Å². The fraction of sp³-hybridized carbons (Fsp3) is 0.0426. The van der Waals surface area contributed by atoms with Crippen LogP contribution in [-0.2, 0) is 0 Å². The summed E-state index contributed by atoms with van der Waals surface area (Å²) in [5.74, 6) is 1.94. The monoisotopic (exact) mass is 653 g/mol. The molecular weight excluding hydrogens is 623 g/mol. The number of furan rings is 1. The van der Waals surface area contributed by atoms with Gasteiger partial charge < -0.3 is 4.42 Å². The van der Waals surface area contributed by atoms with Gasteiger partial charge in [0.25, 0.3) is 0 Å². The number of nitrogens with zero attached hydrogens (tertiary/aromatic N) is 3. The highest BCUT2D eigenvalue weighted by molar-refractivity contribution is 6.12. The van der Waals surface area contributed by atoms with Gasteiger partial charge in [0.1, 0.15) is 11.2 Å². The first-order chi connectivity index (χ1) is 25.2. The molecule has 7 aromatic carbocycles. The normalized spacial score (nSPS) is 13.0. The number of rotatable bonds is 5. The zero-order valence-electron chi connectivity index (χ0n) is 27.8. The highest BCUT2D eigenvalue weighted by Crippen LogP contribution is 2.39. The Kier molecular flexibility index (Phi) is 6.91. The second-order valence-electron chi connectivity index (χ2n) is 13.1. The first-order valence-corrected chi connectivity index (χ1v) is 17.4. The van der Waals surface area contributed by atoms with Gasteiger partial charge in [-0.05, 0) is 93.0 Å². The Morgan fingerprint density at radius 1 is 0.431 bits per heavy atom. The Morgan fingerprint density at radius 2 is 1.10 bits per heavy atom. The summed E-state index contributed by atoms with van der Waals surface area (Å²) in [6.45, 7) is 0. The summed E-state index contributed by atoms with van der Waals surface area (Å²) in [6.07, 6.45) is 8.52. The molecule has 0 spiro atoms. The number of allylic oxidation sites excluding steroid dienone is 4. The molecule has 10 rings (SSSR count). The van der Waals surface area contributed by atoms with Crippen LogP contribution < -0.4 is 0 Å². The lowest BCUT2D eigenvalue weighted by molar-refractivity contribution is 0.669. The van der Waals surface area contributed by atoms with Crippen LogP contribution in [0.3, 0.4) is 0 Å². The van der Waals surface area contributed by atoms with Gasteiger partial charge >= 0.3 is 0 Å². The summed E-state index contributed by atoms with van der Waals surface area (Å²) >= 11 is 0. The van der Waals surface area contributed by atoms with Gasteiger partial charge in [-0.25, -0.2) is 15.0 Å². The van der Waals surface area contributed by atoms with Crippen molar-refractivity contribution in [1.82, 2.24) is 15.0 Å². The quantitative estimate of drug-likeness (QED) is 0.185. The van der Waals surface area contributed by atoms with E-state index in [2.05, 4.69) is 146 Å². The van der Waals surface area contributed by atoms with Crippen molar-refractivity contribution in [3.63, 3.8) is 0 Å². The van der Waals surface area contributed by atoms with E-state index in [0.717, 1.165) is 68.0 Å². The molecule has 240 valence electrons. The van der Waals surface area contributed by atoms with Crippen molar-refractivity contribution in [3.05, 3.63) is 170 Å². The van der Waals surface area contributed by atoms with Crippen LogP contribution in [0.2, 0.25) is 0 Å². The molecule has 4 heteroatoms. The third kappa shape index (κ3) is 5.29. The molecule has 0 saturated heterocycles. The molecule has 0 bridgehead atoms. The number of hydrogen-bond acceptors (Lipinski definition) is 4. The van der Waals surface area contributed by atoms with Gasteiger partial charge in [-0.2, -0.15) is 0 Å². The second kappa shape index (κ2) is 12.0. The molecule has 0 aliphatic heterocycles. The molecule has 0 unspecified atom stereocenters. The Bertz CT molecular complexity index is 2860. The molecule has 0 N–H and O–H groups in total. The van der Waals surface area contributed by atoms with Crippen molar-refractivity contribution in [1.29, 1.82) is 0 Å². The predicted molar refractivity (Wildman–Crippen MR) is 210 cm³/mol. The molecule has 1 aliphatic rings. The number of hydrogen-bond donors (Lipinski definition) is 0. The van der Waals surface area contributed by atoms with Gasteiger partial charge in [-0.1, -0.05) is 127 Å². The molecule has 4 nitrogen and oxygen atoms in total. The minimum Gasteiger partial charge on any atom is -0.456 e. The van der Waals surface area contributed by atoms with Crippen molar-refractivity contribution >= 4 is 49.1 Å². The van der Waals surface area contributed by atoms with E-state index in [4.69, 9.17) is 19.4 Å². The van der Waals surface area contributed by atoms with E-state index in [-0.39, 0.29) is 0 Å². The number of fused-ring (bicyclic) bond motifs is 5. The lowest BCUT2D eigenvalue weighted by Gasteiger charge is -2.12. The van der Waals surface area contributed by atoms with Gasteiger partial charge in [-0.15, -0.1) is 0 Å². The zero-order valence-corrected chi connectivity index (χ0v) is 27.8. The maximum atomic E-state index is 6.53. The van der Waals surface area contributed by atoms with Crippen LogP contribution in [0.5, 0.6) is 0 Å². The van der Waals surface area contributed by atoms with Crippen LogP contribution in [0.25, 0.3) is 94.1 Å². The summed E-state index contributed by atoms with van der Waals surface area (Å²) in [4.78, 5) is 15.4. The van der Waals surface area contributed by atoms with Gasteiger partial charge in [0, 0.05) is 27.5 Å². The first-order valence-electron chi connectivity index (χ1n) is 17.4. The van der Waals surface area contributed by atoms with Crippen LogP contribution in [0.15, 0.2) is 168 Å². The van der Waals surface area contributed by atoms with E-state index in [1.807, 2.05) is 18.2 Å². The molecule has 0 amide bonds. The number of benzene rings is 7. The minimum atomic E-state index is 0.625. The van der Waals surface area contributed by atoms with Crippen molar-refractivity contribution in [2.24, 2.45) is 0 Å². The van der Waals surface area contributed by atoms with Gasteiger partial charge in [-0.3, -0.25) is 0 Å². The van der Waals surface area contributed by atoms with Crippen LogP contribution in [0.1, 0.15) is 18.7 Å². The van der Waals surface area contributed by atoms with E-state index in [1.54, 1.807) is 0 Å². The van der Waals surface area contributed by atoms with Crippen molar-refractivity contribution in [2.45, 2.75) is 12.8 Å². The van der Waals surface area contributed by atoms with E-state index in [9.17, 15) is 0 Å². The van der Waals surface area contributed by atoms with E-state index < -0.39 is 0 Å². The SMILES string of the molecule is C1=CC(c2nc(-c3ccc4ccc(-c5ccccc5)cc4c3)nc(-c3cccc4oc5cc(-c6ccc7ccccc7c6)ccc5c34)n2)=CCC1. The predicted octanol–water partition coefficient (Wildman–Crippen LogP) is 12.5. The third-order valence-electron chi connectivity index (χ3n) is 9.91. The Balaban J connectivity index is 1.12. The van der Waals surface area contributed by atoms with Crippen molar-refractivity contribution in [3.8, 4) is 45.0 Å². The minimum absolute atomic E-state index is 0.625. The largest absolute Gasteiger partial charge is 0.456 e. The summed E-state index contributed by atoms with van der Waals surface area (Å²) in [7, 11) is 0. The molecular formula is C47H31N3O. The standard InChI is InChI=1S/C47H31N3O/c1-3-10-30(11-4-1)35-21-19-32-20-23-38(28-39(32)27-35)46-48-45(33-13-5-2-6-14-33)49-47(50-46)41-16-9-17-42-44(41)40-25-24-37(29-43(40)51-42)36-22-18-31-12-7-8-15-34(31)26-36/h1,3-5,7-29H,2,6H2. The fourth-order valence-corrected chi connectivity index (χ4v) is 7.29. The molecule has 51 heavy (non-hydrogen) atoms. The molecule has 0 atom stereocenters. The molecule has 9 aromatic rings. The maximum Gasteiger partial charge on any atom is 0.164 e. The lowest BCUT2D eigenvalue weighted by Crippen LogP contribution is -2.03. The van der Waals surface area contributed by atoms with Crippen molar-refractivity contribution < 1.29 is 4.42 Å². The Labute approximate surface area is 295 Å². The van der Waals surface area contributed by atoms with Gasteiger partial charge in [0.2, 0.25) is 0 Å². The fourth-order valence-electron chi connectivity index (χ4n) is 7.29. The molecule has 0 radical (unpaired) electrons. The first kappa shape index (κ1) is 29.3. The zero-order chi connectivity index (χ0) is 33.7. The second-order valence-corrected chi connectivity index (χ2v) is 13.1. The smallest absolute Gasteiger partial charge is 0.164 e. The van der Waals surface area contributed by atoms with Gasteiger partial charge in [0.15, 0.2) is 17.5 Å². The number of aromatic nitrogens is 3. The molecule has 2 heterocycles. The van der Waals surface area contributed by atoms with Gasteiger partial charge in [0.05, 0.1) is 0 Å². The average Bonchev–Trinajstić information content (AvgIpc) is 3.59. The summed E-state index contributed by atoms with van der Waals surface area (Å²) < 4.78 is 6.53. The van der Waals surface area contributed by atoms with E-state index in [0.29, 0.717) is 17.5 Å². The van der Waals surface area contributed by atoms with Crippen LogP contribution >= 0.6 is 0 Å². The Morgan fingerprint density at radius 3 is 1.94 bits per heavy atom. The third-order valence-corrected chi connectivity index (χ3v) is 9.91. The highest BCUT2D eigenvalue weighted by Gasteiger charge is 2.19. The van der Waals surface area contributed by atoms with E-state index >= 15 is 0 Å². The summed E-state index contributed by atoms with van der Waals surface area (Å²) in [5.41, 5.74) is 9.15. The van der Waals surface area contributed by atoms with E-state index in [1.165, 1.54) is 27.3 Å². The summed E-state index contributed by atoms with van der Waals surface area (Å²) in [6, 6.07) is 51.2. The topological polar surface area (TPSA) is 51.8 Å².